The molecule has 0 spiro atoms. The Morgan fingerprint density at radius 2 is 1.87 bits per heavy atom. The molecule has 10 nitrogen and oxygen atoms in total. The molecule has 0 saturated heterocycles. The zero-order chi connectivity index (χ0) is 21.3. The van der Waals surface area contributed by atoms with Crippen LogP contribution < -0.4 is 24.3 Å². The van der Waals surface area contributed by atoms with Crippen LogP contribution in [0.1, 0.15) is 5.56 Å². The van der Waals surface area contributed by atoms with E-state index in [9.17, 15) is 20.2 Å². The summed E-state index contributed by atoms with van der Waals surface area (Å²) in [5.74, 6) is 0.382. The third kappa shape index (κ3) is 3.66. The van der Waals surface area contributed by atoms with Crippen molar-refractivity contribution in [2.24, 2.45) is 0 Å². The third-order valence-corrected chi connectivity index (χ3v) is 4.51. The van der Waals surface area contributed by atoms with Gasteiger partial charge in [-0.15, -0.1) is 0 Å². The number of anilines is 1. The fourth-order valence-corrected chi connectivity index (χ4v) is 3.18. The highest BCUT2D eigenvalue weighted by Crippen LogP contribution is 2.41. The van der Waals surface area contributed by atoms with Crippen molar-refractivity contribution in [1.29, 1.82) is 5.26 Å². The van der Waals surface area contributed by atoms with E-state index in [1.807, 2.05) is 0 Å². The lowest BCUT2D eigenvalue weighted by molar-refractivity contribution is -0.384. The largest absolute Gasteiger partial charge is 0.486 e. The molecular formula is C19H12ClN3O7. The van der Waals surface area contributed by atoms with Crippen LogP contribution in [0.15, 0.2) is 29.8 Å². The van der Waals surface area contributed by atoms with Gasteiger partial charge in [0.05, 0.1) is 16.0 Å². The summed E-state index contributed by atoms with van der Waals surface area (Å²) in [5.41, 5.74) is -0.392. The lowest BCUT2D eigenvalue weighted by Gasteiger charge is -2.19. The lowest BCUT2D eigenvalue weighted by Crippen LogP contribution is -2.18. The molecular weight excluding hydrogens is 418 g/mol. The minimum absolute atomic E-state index is 0.0155. The average molecular weight is 430 g/mol. The van der Waals surface area contributed by atoms with Gasteiger partial charge in [0, 0.05) is 6.07 Å². The fraction of sp³-hybridized carbons (Fsp3) is 0.158. The van der Waals surface area contributed by atoms with E-state index in [1.54, 1.807) is 12.1 Å². The van der Waals surface area contributed by atoms with Crippen LogP contribution in [0.5, 0.6) is 23.0 Å². The fourth-order valence-electron chi connectivity index (χ4n) is 2.90. The Labute approximate surface area is 174 Å². The van der Waals surface area contributed by atoms with E-state index in [2.05, 4.69) is 5.32 Å². The number of halogens is 1. The molecule has 30 heavy (non-hydrogen) atoms. The Hall–Kier alpha value is -3.97. The normalized spacial score (nSPS) is 14.1. The summed E-state index contributed by atoms with van der Waals surface area (Å²) in [6, 6.07) is 7.30. The first-order chi connectivity index (χ1) is 14.5. The molecule has 11 heteroatoms. The molecule has 152 valence electrons. The summed E-state index contributed by atoms with van der Waals surface area (Å²) in [6.07, 6.45) is 1.28. The second-order valence-corrected chi connectivity index (χ2v) is 6.54. The Morgan fingerprint density at radius 3 is 2.57 bits per heavy atom. The first-order valence-corrected chi connectivity index (χ1v) is 8.94. The number of nitrogens with one attached hydrogen (secondary N) is 1. The van der Waals surface area contributed by atoms with Crippen molar-refractivity contribution in [3.05, 3.63) is 50.5 Å². The van der Waals surface area contributed by atoms with Crippen molar-refractivity contribution in [3.63, 3.8) is 0 Å². The lowest BCUT2D eigenvalue weighted by atomic mass is 10.1. The third-order valence-electron chi connectivity index (χ3n) is 4.23. The maximum absolute atomic E-state index is 12.6. The van der Waals surface area contributed by atoms with E-state index in [4.69, 9.17) is 30.5 Å². The van der Waals surface area contributed by atoms with Gasteiger partial charge in [-0.3, -0.25) is 14.9 Å². The van der Waals surface area contributed by atoms with E-state index in [0.717, 1.165) is 6.07 Å². The van der Waals surface area contributed by atoms with Crippen LogP contribution in [0.4, 0.5) is 11.4 Å². The van der Waals surface area contributed by atoms with Crippen LogP contribution in [0.3, 0.4) is 0 Å². The molecule has 0 bridgehead atoms. The van der Waals surface area contributed by atoms with Crippen molar-refractivity contribution in [2.75, 3.05) is 25.3 Å². The van der Waals surface area contributed by atoms with Gasteiger partial charge in [0.1, 0.15) is 30.5 Å². The van der Waals surface area contributed by atoms with E-state index in [-0.39, 0.29) is 47.8 Å². The van der Waals surface area contributed by atoms with Gasteiger partial charge < -0.3 is 24.3 Å². The van der Waals surface area contributed by atoms with Crippen molar-refractivity contribution < 1.29 is 28.7 Å². The number of nitro groups is 1. The molecule has 0 aliphatic carbocycles. The van der Waals surface area contributed by atoms with E-state index < -0.39 is 16.5 Å². The molecule has 0 saturated carbocycles. The van der Waals surface area contributed by atoms with Crippen molar-refractivity contribution in [1.82, 2.24) is 0 Å². The minimum atomic E-state index is -0.842. The Balaban J connectivity index is 1.64. The van der Waals surface area contributed by atoms with Crippen LogP contribution in [-0.2, 0) is 4.79 Å². The number of hydrogen-bond donors (Lipinski definition) is 1. The molecule has 1 N–H and O–H groups in total. The Morgan fingerprint density at radius 1 is 1.13 bits per heavy atom. The Kier molecular flexibility index (Phi) is 5.04. The predicted octanol–water partition coefficient (Wildman–Crippen LogP) is 3.29. The summed E-state index contributed by atoms with van der Waals surface area (Å²) in [4.78, 5) is 23.4. The van der Waals surface area contributed by atoms with Gasteiger partial charge in [-0.25, -0.2) is 0 Å². The standard InChI is InChI=1S/C19H12ClN3O7/c20-12-4-10(5-17-18(12)30-9-29-17)3-11(8-21)19(24)22-13-6-15-16(28-2-1-27-15)7-14(13)23(25)26/h3-7H,1-2,9H2,(H,22,24)/b11-3+. The number of ether oxygens (including phenoxy) is 4. The molecule has 2 aliphatic heterocycles. The first-order valence-electron chi connectivity index (χ1n) is 8.56. The molecule has 2 aromatic rings. The molecule has 0 radical (unpaired) electrons. The smallest absolute Gasteiger partial charge is 0.296 e. The zero-order valence-corrected chi connectivity index (χ0v) is 15.9. The van der Waals surface area contributed by atoms with Crippen LogP contribution in [0.2, 0.25) is 5.02 Å². The predicted molar refractivity (Wildman–Crippen MR) is 104 cm³/mol. The maximum Gasteiger partial charge on any atom is 0.296 e. The SMILES string of the molecule is N#C/C(=C\c1cc(Cl)c2c(c1)OCO2)C(=O)Nc1cc2c(cc1[N+](=O)[O-])OCCO2. The number of hydrogen-bond acceptors (Lipinski definition) is 8. The summed E-state index contributed by atoms with van der Waals surface area (Å²) in [6.45, 7) is 0.545. The van der Waals surface area contributed by atoms with Crippen LogP contribution in [-0.4, -0.2) is 30.8 Å². The van der Waals surface area contributed by atoms with Crippen molar-refractivity contribution >= 4 is 35.0 Å². The van der Waals surface area contributed by atoms with E-state index in [1.165, 1.54) is 18.2 Å². The van der Waals surface area contributed by atoms with Crippen LogP contribution >= 0.6 is 11.6 Å². The van der Waals surface area contributed by atoms with Gasteiger partial charge in [-0.2, -0.15) is 5.26 Å². The minimum Gasteiger partial charge on any atom is -0.486 e. The van der Waals surface area contributed by atoms with Gasteiger partial charge in [-0.1, -0.05) is 11.6 Å². The number of rotatable bonds is 4. The molecule has 0 aromatic heterocycles. The molecule has 1 amide bonds. The quantitative estimate of drug-likeness (QED) is 0.338. The molecule has 2 heterocycles. The molecule has 0 fully saturated rings. The molecule has 0 atom stereocenters. The van der Waals surface area contributed by atoms with Crippen molar-refractivity contribution in [3.8, 4) is 29.1 Å². The summed E-state index contributed by atoms with van der Waals surface area (Å²) >= 11 is 6.12. The summed E-state index contributed by atoms with van der Waals surface area (Å²) in [5, 5.41) is 23.5. The number of carbonyl (C=O) groups is 1. The number of nitriles is 1. The second kappa shape index (κ2) is 7.81. The van der Waals surface area contributed by atoms with E-state index in [0.29, 0.717) is 17.1 Å². The number of nitrogens with zero attached hydrogens (tertiary/aromatic N) is 2. The molecule has 4 rings (SSSR count). The van der Waals surface area contributed by atoms with Gasteiger partial charge in [0.25, 0.3) is 11.6 Å². The molecule has 2 aromatic carbocycles. The number of amides is 1. The maximum atomic E-state index is 12.6. The number of fused-ring (bicyclic) bond motifs is 2. The summed E-state index contributed by atoms with van der Waals surface area (Å²) < 4.78 is 21.2. The molecule has 0 unspecified atom stereocenters. The average Bonchev–Trinajstić information content (AvgIpc) is 3.20. The van der Waals surface area contributed by atoms with Gasteiger partial charge in [-0.05, 0) is 23.8 Å². The van der Waals surface area contributed by atoms with Gasteiger partial charge in [0.15, 0.2) is 23.0 Å². The first kappa shape index (κ1) is 19.4. The topological polar surface area (TPSA) is 133 Å². The van der Waals surface area contributed by atoms with Crippen LogP contribution in [0, 0.1) is 21.4 Å². The monoisotopic (exact) mass is 429 g/mol. The van der Waals surface area contributed by atoms with Gasteiger partial charge in [0.2, 0.25) is 6.79 Å². The van der Waals surface area contributed by atoms with Crippen LogP contribution in [0.25, 0.3) is 6.08 Å². The number of benzene rings is 2. The number of nitro benzene ring substituents is 1. The second-order valence-electron chi connectivity index (χ2n) is 6.13. The highest BCUT2D eigenvalue weighted by atomic mass is 35.5. The van der Waals surface area contributed by atoms with Gasteiger partial charge >= 0.3 is 0 Å². The highest BCUT2D eigenvalue weighted by molar-refractivity contribution is 6.32. The zero-order valence-electron chi connectivity index (χ0n) is 15.1. The molecule has 2 aliphatic rings. The van der Waals surface area contributed by atoms with E-state index >= 15 is 0 Å². The Bertz CT molecular complexity index is 1140. The van der Waals surface area contributed by atoms with Crippen molar-refractivity contribution in [2.45, 2.75) is 0 Å². The number of carbonyl (C=O) groups excluding carboxylic acids is 1. The highest BCUT2D eigenvalue weighted by Gasteiger charge is 2.25. The summed E-state index contributed by atoms with van der Waals surface area (Å²) in [7, 11) is 0.